The van der Waals surface area contributed by atoms with Gasteiger partial charge in [-0.1, -0.05) is 60.7 Å². The van der Waals surface area contributed by atoms with Crippen molar-refractivity contribution in [3.8, 4) is 28.7 Å². The molecular weight excluding hydrogens is 402 g/mol. The summed E-state index contributed by atoms with van der Waals surface area (Å²) in [6, 6.07) is 27.2. The number of amides is 1. The number of nitrogens with zero attached hydrogens (tertiary/aromatic N) is 2. The molecule has 0 saturated carbocycles. The average molecular weight is 428 g/mol. The molecule has 0 fully saturated rings. The Bertz CT molecular complexity index is 1140. The van der Waals surface area contributed by atoms with Gasteiger partial charge in [-0.05, 0) is 49.6 Å². The van der Waals surface area contributed by atoms with Crippen LogP contribution in [0.1, 0.15) is 18.9 Å². The second-order valence-electron chi connectivity index (χ2n) is 7.56. The van der Waals surface area contributed by atoms with Crippen LogP contribution in [0.2, 0.25) is 0 Å². The lowest BCUT2D eigenvalue weighted by molar-refractivity contribution is -0.123. The van der Waals surface area contributed by atoms with E-state index in [0.29, 0.717) is 23.1 Å². The third kappa shape index (κ3) is 5.60. The van der Waals surface area contributed by atoms with Gasteiger partial charge >= 0.3 is 0 Å². The minimum Gasteiger partial charge on any atom is -0.483 e. The Balaban J connectivity index is 1.34. The molecule has 0 aliphatic rings. The molecule has 1 heterocycles. The Morgan fingerprint density at radius 2 is 1.56 bits per heavy atom. The number of carbonyl (C=O) groups is 1. The molecule has 0 radical (unpaired) electrons. The molecule has 0 bridgehead atoms. The largest absolute Gasteiger partial charge is 0.483 e. The van der Waals surface area contributed by atoms with Crippen molar-refractivity contribution < 1.29 is 13.9 Å². The van der Waals surface area contributed by atoms with Crippen LogP contribution in [0.25, 0.3) is 22.9 Å². The monoisotopic (exact) mass is 427 g/mol. The minimum absolute atomic E-state index is 0.0471. The highest BCUT2D eigenvalue weighted by atomic mass is 16.5. The van der Waals surface area contributed by atoms with Crippen molar-refractivity contribution in [2.24, 2.45) is 0 Å². The molecule has 1 amide bonds. The number of ether oxygens (including phenoxy) is 1. The molecule has 0 aliphatic heterocycles. The van der Waals surface area contributed by atoms with Gasteiger partial charge in [-0.2, -0.15) is 0 Å². The quantitative estimate of drug-likeness (QED) is 0.410. The predicted molar refractivity (Wildman–Crippen MR) is 123 cm³/mol. The van der Waals surface area contributed by atoms with Gasteiger partial charge in [0.05, 0.1) is 5.56 Å². The molecule has 4 rings (SSSR count). The first-order valence-corrected chi connectivity index (χ1v) is 10.6. The summed E-state index contributed by atoms with van der Waals surface area (Å²) in [5.41, 5.74) is 2.74. The fraction of sp³-hybridized carbons (Fsp3) is 0.192. The Morgan fingerprint density at radius 1 is 0.906 bits per heavy atom. The van der Waals surface area contributed by atoms with E-state index >= 15 is 0 Å². The third-order valence-corrected chi connectivity index (χ3v) is 5.04. The van der Waals surface area contributed by atoms with Crippen LogP contribution in [-0.4, -0.2) is 28.8 Å². The molecule has 4 aromatic rings. The number of carbonyl (C=O) groups excluding carboxylic acids is 1. The second-order valence-corrected chi connectivity index (χ2v) is 7.56. The molecule has 6 nitrogen and oxygen atoms in total. The lowest BCUT2D eigenvalue weighted by atomic mass is 10.1. The van der Waals surface area contributed by atoms with E-state index in [1.165, 1.54) is 5.56 Å². The van der Waals surface area contributed by atoms with Crippen molar-refractivity contribution in [1.82, 2.24) is 15.5 Å². The molecule has 1 aromatic heterocycles. The van der Waals surface area contributed by atoms with Crippen molar-refractivity contribution >= 4 is 5.91 Å². The zero-order chi connectivity index (χ0) is 22.2. The van der Waals surface area contributed by atoms with Gasteiger partial charge in [0.1, 0.15) is 5.75 Å². The predicted octanol–water partition coefficient (Wildman–Crippen LogP) is 4.92. The van der Waals surface area contributed by atoms with Gasteiger partial charge in [-0.25, -0.2) is 0 Å². The summed E-state index contributed by atoms with van der Waals surface area (Å²) in [7, 11) is 0. The van der Waals surface area contributed by atoms with Crippen LogP contribution >= 0.6 is 0 Å². The second kappa shape index (κ2) is 10.4. The molecule has 1 unspecified atom stereocenters. The number of hydrogen-bond donors (Lipinski definition) is 1. The molecule has 1 N–H and O–H groups in total. The SMILES string of the molecule is CC(CCc1ccccc1)NC(=O)COc1ccccc1-c1nnc(-c2ccccc2)o1. The van der Waals surface area contributed by atoms with Gasteiger partial charge in [0.25, 0.3) is 11.8 Å². The highest BCUT2D eigenvalue weighted by Crippen LogP contribution is 2.30. The van der Waals surface area contributed by atoms with Gasteiger partial charge in [-0.15, -0.1) is 10.2 Å². The smallest absolute Gasteiger partial charge is 0.258 e. The van der Waals surface area contributed by atoms with Gasteiger partial charge in [0.15, 0.2) is 6.61 Å². The molecule has 0 saturated heterocycles. The first-order chi connectivity index (χ1) is 15.7. The summed E-state index contributed by atoms with van der Waals surface area (Å²) in [6.07, 6.45) is 1.77. The maximum absolute atomic E-state index is 12.4. The molecule has 6 heteroatoms. The maximum atomic E-state index is 12.4. The molecule has 3 aromatic carbocycles. The number of hydrogen-bond acceptors (Lipinski definition) is 5. The molecule has 0 spiro atoms. The first kappa shape index (κ1) is 21.3. The van der Waals surface area contributed by atoms with Crippen LogP contribution in [0.4, 0.5) is 0 Å². The van der Waals surface area contributed by atoms with Gasteiger partial charge in [0.2, 0.25) is 5.89 Å². The lowest BCUT2D eigenvalue weighted by Crippen LogP contribution is -2.36. The Labute approximate surface area is 187 Å². The fourth-order valence-corrected chi connectivity index (χ4v) is 3.36. The minimum atomic E-state index is -0.170. The number of aromatic nitrogens is 2. The van der Waals surface area contributed by atoms with Crippen LogP contribution in [0.15, 0.2) is 89.3 Å². The lowest BCUT2D eigenvalue weighted by Gasteiger charge is -2.15. The van der Waals surface area contributed by atoms with Crippen molar-refractivity contribution in [1.29, 1.82) is 0 Å². The highest BCUT2D eigenvalue weighted by molar-refractivity contribution is 5.78. The highest BCUT2D eigenvalue weighted by Gasteiger charge is 2.16. The van der Waals surface area contributed by atoms with Crippen LogP contribution in [0.5, 0.6) is 5.75 Å². The summed E-state index contributed by atoms with van der Waals surface area (Å²) >= 11 is 0. The van der Waals surface area contributed by atoms with E-state index in [1.54, 1.807) is 6.07 Å². The molecule has 162 valence electrons. The molecular formula is C26H25N3O3. The third-order valence-electron chi connectivity index (χ3n) is 5.04. The normalized spacial score (nSPS) is 11.7. The van der Waals surface area contributed by atoms with Gasteiger partial charge in [0, 0.05) is 11.6 Å². The number of benzene rings is 3. The van der Waals surface area contributed by atoms with E-state index in [0.717, 1.165) is 18.4 Å². The van der Waals surface area contributed by atoms with E-state index in [2.05, 4.69) is 27.6 Å². The van der Waals surface area contributed by atoms with Crippen molar-refractivity contribution in [2.75, 3.05) is 6.61 Å². The summed E-state index contributed by atoms with van der Waals surface area (Å²) in [4.78, 5) is 12.4. The summed E-state index contributed by atoms with van der Waals surface area (Å²) in [5.74, 6) is 1.12. The van der Waals surface area contributed by atoms with E-state index < -0.39 is 0 Å². The zero-order valence-corrected chi connectivity index (χ0v) is 17.9. The number of nitrogens with one attached hydrogen (secondary N) is 1. The van der Waals surface area contributed by atoms with Crippen LogP contribution < -0.4 is 10.1 Å². The maximum Gasteiger partial charge on any atom is 0.258 e. The van der Waals surface area contributed by atoms with Crippen molar-refractivity contribution in [2.45, 2.75) is 25.8 Å². The standard InChI is InChI=1S/C26H25N3O3/c1-19(16-17-20-10-4-2-5-11-20)27-24(30)18-31-23-15-9-8-14-22(23)26-29-28-25(32-26)21-12-6-3-7-13-21/h2-15,19H,16-18H2,1H3,(H,27,30). The van der Waals surface area contributed by atoms with E-state index in [9.17, 15) is 4.79 Å². The fourth-order valence-electron chi connectivity index (χ4n) is 3.36. The molecule has 1 atom stereocenters. The zero-order valence-electron chi connectivity index (χ0n) is 17.9. The van der Waals surface area contributed by atoms with Gasteiger partial charge in [-0.3, -0.25) is 4.79 Å². The summed E-state index contributed by atoms with van der Waals surface area (Å²) in [5, 5.41) is 11.3. The Kier molecular flexibility index (Phi) is 6.92. The van der Waals surface area contributed by atoms with Crippen LogP contribution in [0, 0.1) is 0 Å². The van der Waals surface area contributed by atoms with Gasteiger partial charge < -0.3 is 14.5 Å². The van der Waals surface area contributed by atoms with Crippen LogP contribution in [-0.2, 0) is 11.2 Å². The summed E-state index contributed by atoms with van der Waals surface area (Å²) in [6.45, 7) is 1.91. The number of aryl methyl sites for hydroxylation is 1. The number of rotatable bonds is 9. The Morgan fingerprint density at radius 3 is 2.34 bits per heavy atom. The average Bonchev–Trinajstić information content (AvgIpc) is 3.33. The molecule has 32 heavy (non-hydrogen) atoms. The topological polar surface area (TPSA) is 77.2 Å². The van der Waals surface area contributed by atoms with Crippen molar-refractivity contribution in [3.05, 3.63) is 90.5 Å². The van der Waals surface area contributed by atoms with Crippen LogP contribution in [0.3, 0.4) is 0 Å². The van der Waals surface area contributed by atoms with Crippen molar-refractivity contribution in [3.63, 3.8) is 0 Å². The Hall–Kier alpha value is -3.93. The summed E-state index contributed by atoms with van der Waals surface area (Å²) < 4.78 is 11.6. The van der Waals surface area contributed by atoms with E-state index in [1.807, 2.05) is 73.7 Å². The molecule has 0 aliphatic carbocycles. The van der Waals surface area contributed by atoms with E-state index in [4.69, 9.17) is 9.15 Å². The van der Waals surface area contributed by atoms with E-state index in [-0.39, 0.29) is 18.6 Å². The first-order valence-electron chi connectivity index (χ1n) is 10.6. The number of para-hydroxylation sites is 1.